The molecule has 112 valence electrons. The van der Waals surface area contributed by atoms with Gasteiger partial charge in [-0.2, -0.15) is 0 Å². The van der Waals surface area contributed by atoms with Gasteiger partial charge in [0.1, 0.15) is 6.10 Å². The smallest absolute Gasteiger partial charge is 0.407 e. The van der Waals surface area contributed by atoms with Gasteiger partial charge in [-0.1, -0.05) is 12.2 Å². The Kier molecular flexibility index (Phi) is 3.73. The normalized spacial score (nSPS) is 42.1. The maximum atomic E-state index is 11.8. The largest absolute Gasteiger partial charge is 0.446 e. The van der Waals surface area contributed by atoms with Crippen LogP contribution in [0.4, 0.5) is 4.79 Å². The first-order valence-corrected chi connectivity index (χ1v) is 7.68. The standard InChI is InChI=1S/C15H25N3O2/c16-3-1-2-4-18-14(19)20-13-11-5-10-6-12(13)9-15(17,7-10)8-11/h1-2,10-13H,3-9,16-17H2,(H,18,19)/b2-1+. The van der Waals surface area contributed by atoms with Crippen molar-refractivity contribution in [1.82, 2.24) is 5.32 Å². The highest BCUT2D eigenvalue weighted by Gasteiger charge is 2.55. The second kappa shape index (κ2) is 5.37. The molecule has 0 aromatic heterocycles. The monoisotopic (exact) mass is 279 g/mol. The van der Waals surface area contributed by atoms with Crippen molar-refractivity contribution in [1.29, 1.82) is 0 Å². The minimum absolute atomic E-state index is 0.0245. The molecular formula is C15H25N3O2. The lowest BCUT2D eigenvalue weighted by atomic mass is 9.52. The summed E-state index contributed by atoms with van der Waals surface area (Å²) in [6.07, 6.45) is 8.99. The van der Waals surface area contributed by atoms with Crippen molar-refractivity contribution in [3.05, 3.63) is 12.2 Å². The van der Waals surface area contributed by atoms with Gasteiger partial charge in [-0.3, -0.25) is 0 Å². The molecule has 0 radical (unpaired) electrons. The van der Waals surface area contributed by atoms with Crippen LogP contribution in [-0.2, 0) is 4.74 Å². The Hall–Kier alpha value is -1.07. The van der Waals surface area contributed by atoms with E-state index in [1.165, 1.54) is 19.3 Å². The Morgan fingerprint density at radius 3 is 2.55 bits per heavy atom. The molecule has 4 saturated carbocycles. The fourth-order valence-corrected chi connectivity index (χ4v) is 4.72. The van der Waals surface area contributed by atoms with Crippen LogP contribution in [-0.4, -0.2) is 30.8 Å². The Balaban J connectivity index is 1.54. The number of carbonyl (C=O) groups excluding carboxylic acids is 1. The molecule has 0 heterocycles. The fourth-order valence-electron chi connectivity index (χ4n) is 4.72. The molecule has 0 aromatic rings. The van der Waals surface area contributed by atoms with Crippen LogP contribution in [0.1, 0.15) is 32.1 Å². The third-order valence-electron chi connectivity index (χ3n) is 5.14. The molecular weight excluding hydrogens is 254 g/mol. The van der Waals surface area contributed by atoms with Crippen molar-refractivity contribution in [2.45, 2.75) is 43.7 Å². The summed E-state index contributed by atoms with van der Waals surface area (Å²) in [5, 5.41) is 2.75. The molecule has 20 heavy (non-hydrogen) atoms. The van der Waals surface area contributed by atoms with Crippen LogP contribution in [0.15, 0.2) is 12.2 Å². The van der Waals surface area contributed by atoms with Gasteiger partial charge in [0.25, 0.3) is 0 Å². The average molecular weight is 279 g/mol. The summed E-state index contributed by atoms with van der Waals surface area (Å²) in [4.78, 5) is 11.8. The predicted molar refractivity (Wildman–Crippen MR) is 76.9 cm³/mol. The van der Waals surface area contributed by atoms with Crippen LogP contribution in [0, 0.1) is 17.8 Å². The van der Waals surface area contributed by atoms with Crippen molar-refractivity contribution < 1.29 is 9.53 Å². The highest BCUT2D eigenvalue weighted by Crippen LogP contribution is 2.55. The number of ether oxygens (including phenoxy) is 1. The molecule has 0 spiro atoms. The van der Waals surface area contributed by atoms with Crippen molar-refractivity contribution in [2.75, 3.05) is 13.1 Å². The number of carbonyl (C=O) groups is 1. The molecule has 2 unspecified atom stereocenters. The van der Waals surface area contributed by atoms with Crippen LogP contribution < -0.4 is 16.8 Å². The molecule has 0 aromatic carbocycles. The summed E-state index contributed by atoms with van der Waals surface area (Å²) in [5.41, 5.74) is 11.8. The zero-order valence-corrected chi connectivity index (χ0v) is 11.9. The minimum Gasteiger partial charge on any atom is -0.446 e. The van der Waals surface area contributed by atoms with Crippen LogP contribution >= 0.6 is 0 Å². The molecule has 4 fully saturated rings. The molecule has 4 bridgehead atoms. The summed E-state index contributed by atoms with van der Waals surface area (Å²) in [5.74, 6) is 1.70. The van der Waals surface area contributed by atoms with Gasteiger partial charge in [0.05, 0.1) is 0 Å². The second-order valence-electron chi connectivity index (χ2n) is 6.79. The van der Waals surface area contributed by atoms with E-state index in [-0.39, 0.29) is 17.7 Å². The molecule has 4 rings (SSSR count). The van der Waals surface area contributed by atoms with Gasteiger partial charge in [-0.05, 0) is 49.9 Å². The Labute approximate surface area is 120 Å². The van der Waals surface area contributed by atoms with E-state index in [0.29, 0.717) is 24.9 Å². The summed E-state index contributed by atoms with van der Waals surface area (Å²) in [6.45, 7) is 0.963. The Morgan fingerprint density at radius 2 is 1.95 bits per heavy atom. The number of nitrogens with two attached hydrogens (primary N) is 2. The van der Waals surface area contributed by atoms with E-state index in [1.807, 2.05) is 12.2 Å². The lowest BCUT2D eigenvalue weighted by molar-refractivity contribution is -0.105. The van der Waals surface area contributed by atoms with E-state index in [1.54, 1.807) is 0 Å². The molecule has 5 heteroatoms. The summed E-state index contributed by atoms with van der Waals surface area (Å²) >= 11 is 0. The SMILES string of the molecule is NC/C=C/CNC(=O)OC1C2CC3CC1CC(N)(C3)C2. The zero-order chi connectivity index (χ0) is 14.2. The lowest BCUT2D eigenvalue weighted by Gasteiger charge is -2.57. The average Bonchev–Trinajstić information content (AvgIpc) is 2.37. The third kappa shape index (κ3) is 2.69. The fraction of sp³-hybridized carbons (Fsp3) is 0.800. The van der Waals surface area contributed by atoms with E-state index >= 15 is 0 Å². The highest BCUT2D eigenvalue weighted by molar-refractivity contribution is 5.67. The summed E-state index contributed by atoms with van der Waals surface area (Å²) in [6, 6.07) is 0. The number of amides is 1. The lowest BCUT2D eigenvalue weighted by Crippen LogP contribution is -2.61. The van der Waals surface area contributed by atoms with Crippen molar-refractivity contribution in [3.8, 4) is 0 Å². The van der Waals surface area contributed by atoms with E-state index in [9.17, 15) is 4.79 Å². The van der Waals surface area contributed by atoms with E-state index in [0.717, 1.165) is 18.8 Å². The minimum atomic E-state index is -0.310. The van der Waals surface area contributed by atoms with Gasteiger partial charge in [0, 0.05) is 18.6 Å². The van der Waals surface area contributed by atoms with Gasteiger partial charge < -0.3 is 21.5 Å². The number of nitrogens with one attached hydrogen (secondary N) is 1. The van der Waals surface area contributed by atoms with Gasteiger partial charge >= 0.3 is 6.09 Å². The summed E-state index contributed by atoms with van der Waals surface area (Å²) in [7, 11) is 0. The van der Waals surface area contributed by atoms with Gasteiger partial charge in [-0.25, -0.2) is 4.79 Å². The Morgan fingerprint density at radius 1 is 1.25 bits per heavy atom. The third-order valence-corrected chi connectivity index (χ3v) is 5.14. The van der Waals surface area contributed by atoms with Crippen LogP contribution in [0.25, 0.3) is 0 Å². The van der Waals surface area contributed by atoms with Gasteiger partial charge in [0.15, 0.2) is 0 Å². The zero-order valence-electron chi connectivity index (χ0n) is 11.9. The van der Waals surface area contributed by atoms with E-state index in [4.69, 9.17) is 16.2 Å². The molecule has 0 aliphatic heterocycles. The van der Waals surface area contributed by atoms with Crippen molar-refractivity contribution in [3.63, 3.8) is 0 Å². The number of alkyl carbamates (subject to hydrolysis) is 1. The quantitative estimate of drug-likeness (QED) is 0.673. The Bertz CT molecular complexity index is 394. The summed E-state index contributed by atoms with van der Waals surface area (Å²) < 4.78 is 5.68. The highest BCUT2D eigenvalue weighted by atomic mass is 16.6. The maximum Gasteiger partial charge on any atom is 0.407 e. The topological polar surface area (TPSA) is 90.4 Å². The molecule has 4 aliphatic rings. The van der Waals surface area contributed by atoms with Gasteiger partial charge in [-0.15, -0.1) is 0 Å². The maximum absolute atomic E-state index is 11.8. The molecule has 0 saturated heterocycles. The first kappa shape index (κ1) is 13.9. The molecule has 1 amide bonds. The van der Waals surface area contributed by atoms with Crippen LogP contribution in [0.5, 0.6) is 0 Å². The number of hydrogen-bond acceptors (Lipinski definition) is 4. The second-order valence-corrected chi connectivity index (χ2v) is 6.79. The first-order chi connectivity index (χ1) is 9.59. The van der Waals surface area contributed by atoms with E-state index in [2.05, 4.69) is 5.32 Å². The molecule has 2 atom stereocenters. The van der Waals surface area contributed by atoms with Crippen molar-refractivity contribution >= 4 is 6.09 Å². The van der Waals surface area contributed by atoms with E-state index < -0.39 is 0 Å². The molecule has 4 aliphatic carbocycles. The van der Waals surface area contributed by atoms with Crippen LogP contribution in [0.3, 0.4) is 0 Å². The molecule has 5 N–H and O–H groups in total. The van der Waals surface area contributed by atoms with Gasteiger partial charge in [0.2, 0.25) is 0 Å². The first-order valence-electron chi connectivity index (χ1n) is 7.68. The number of rotatable bonds is 4. The number of hydrogen-bond donors (Lipinski definition) is 3. The predicted octanol–water partition coefficient (Wildman–Crippen LogP) is 1.13. The van der Waals surface area contributed by atoms with Crippen molar-refractivity contribution in [2.24, 2.45) is 29.2 Å². The van der Waals surface area contributed by atoms with Crippen LogP contribution in [0.2, 0.25) is 0 Å². The molecule has 5 nitrogen and oxygen atoms in total.